The molecule has 0 spiro atoms. The zero-order valence-electron chi connectivity index (χ0n) is 13.2. The van der Waals surface area contributed by atoms with Gasteiger partial charge in [-0.3, -0.25) is 4.79 Å². The van der Waals surface area contributed by atoms with Gasteiger partial charge in [-0.25, -0.2) is 0 Å². The van der Waals surface area contributed by atoms with Crippen LogP contribution in [0.25, 0.3) is 0 Å². The molecule has 0 aliphatic heterocycles. The first-order valence-electron chi connectivity index (χ1n) is 8.04. The predicted molar refractivity (Wildman–Crippen MR) is 85.4 cm³/mol. The number of esters is 1. The van der Waals surface area contributed by atoms with Crippen LogP contribution in [0.4, 0.5) is 0 Å². The summed E-state index contributed by atoms with van der Waals surface area (Å²) < 4.78 is 4.89. The number of allylic oxidation sites excluding steroid dienone is 2. The van der Waals surface area contributed by atoms with Crippen molar-refractivity contribution in [3.8, 4) is 11.8 Å². The van der Waals surface area contributed by atoms with Crippen LogP contribution in [-0.2, 0) is 9.53 Å². The lowest BCUT2D eigenvalue weighted by atomic mass is 10.1. The Hall–Kier alpha value is -1.23. The SMILES string of the molecule is CC/C=C\C#CCCCCCCCCCCOC(C)=O. The highest BCUT2D eigenvalue weighted by Gasteiger charge is 1.94. The Labute approximate surface area is 125 Å². The van der Waals surface area contributed by atoms with Crippen molar-refractivity contribution in [1.29, 1.82) is 0 Å². The number of ether oxygens (including phenoxy) is 1. The van der Waals surface area contributed by atoms with Gasteiger partial charge in [-0.2, -0.15) is 0 Å². The molecular weight excluding hydrogens is 248 g/mol. The van der Waals surface area contributed by atoms with Gasteiger partial charge in [0.15, 0.2) is 0 Å². The number of rotatable bonds is 11. The van der Waals surface area contributed by atoms with E-state index in [4.69, 9.17) is 4.74 Å². The van der Waals surface area contributed by atoms with E-state index in [1.807, 2.05) is 6.08 Å². The van der Waals surface area contributed by atoms with Crippen molar-refractivity contribution in [2.24, 2.45) is 0 Å². The second-order valence-corrected chi connectivity index (χ2v) is 5.05. The third-order valence-corrected chi connectivity index (χ3v) is 3.04. The minimum absolute atomic E-state index is 0.168. The first kappa shape index (κ1) is 18.8. The Morgan fingerprint density at radius 3 is 2.20 bits per heavy atom. The molecular formula is C18H30O2. The summed E-state index contributed by atoms with van der Waals surface area (Å²) >= 11 is 0. The van der Waals surface area contributed by atoms with E-state index in [-0.39, 0.29) is 5.97 Å². The molecule has 0 bridgehead atoms. The highest BCUT2D eigenvalue weighted by molar-refractivity contribution is 5.65. The Balaban J connectivity index is 3.11. The van der Waals surface area contributed by atoms with Crippen molar-refractivity contribution in [2.45, 2.75) is 78.1 Å². The van der Waals surface area contributed by atoms with Crippen LogP contribution >= 0.6 is 0 Å². The monoisotopic (exact) mass is 278 g/mol. The van der Waals surface area contributed by atoms with E-state index in [0.717, 1.165) is 19.3 Å². The summed E-state index contributed by atoms with van der Waals surface area (Å²) in [5.41, 5.74) is 0. The van der Waals surface area contributed by atoms with Gasteiger partial charge >= 0.3 is 5.97 Å². The molecule has 0 radical (unpaired) electrons. The molecule has 0 unspecified atom stereocenters. The fourth-order valence-corrected chi connectivity index (χ4v) is 1.90. The lowest BCUT2D eigenvalue weighted by Crippen LogP contribution is -2.00. The molecule has 0 aromatic heterocycles. The van der Waals surface area contributed by atoms with E-state index < -0.39 is 0 Å². The zero-order valence-corrected chi connectivity index (χ0v) is 13.2. The van der Waals surface area contributed by atoms with Crippen LogP contribution in [0.5, 0.6) is 0 Å². The van der Waals surface area contributed by atoms with Crippen LogP contribution in [-0.4, -0.2) is 12.6 Å². The van der Waals surface area contributed by atoms with E-state index in [2.05, 4.69) is 24.8 Å². The maximum Gasteiger partial charge on any atom is 0.302 e. The maximum absolute atomic E-state index is 10.5. The van der Waals surface area contributed by atoms with Gasteiger partial charge in [0, 0.05) is 13.3 Å². The minimum Gasteiger partial charge on any atom is -0.466 e. The van der Waals surface area contributed by atoms with Gasteiger partial charge in [0.05, 0.1) is 6.61 Å². The van der Waals surface area contributed by atoms with Crippen LogP contribution in [0.1, 0.15) is 78.1 Å². The standard InChI is InChI=1S/C18H30O2/c1-3-4-5-6-7-8-9-10-11-12-13-14-15-16-17-20-18(2)19/h4-5H,3,8-17H2,1-2H3/b5-4-. The van der Waals surface area contributed by atoms with Gasteiger partial charge < -0.3 is 4.74 Å². The summed E-state index contributed by atoms with van der Waals surface area (Å²) in [6, 6.07) is 0. The van der Waals surface area contributed by atoms with E-state index >= 15 is 0 Å². The van der Waals surface area contributed by atoms with Crippen molar-refractivity contribution in [3.63, 3.8) is 0 Å². The third-order valence-electron chi connectivity index (χ3n) is 3.04. The second-order valence-electron chi connectivity index (χ2n) is 5.05. The van der Waals surface area contributed by atoms with Crippen LogP contribution in [0.3, 0.4) is 0 Å². The van der Waals surface area contributed by atoms with Gasteiger partial charge in [-0.1, -0.05) is 63.4 Å². The molecule has 0 aromatic carbocycles. The van der Waals surface area contributed by atoms with Gasteiger partial charge in [0.1, 0.15) is 0 Å². The number of carbonyl (C=O) groups excluding carboxylic acids is 1. The molecule has 0 heterocycles. The topological polar surface area (TPSA) is 26.3 Å². The van der Waals surface area contributed by atoms with Gasteiger partial charge in [-0.15, -0.1) is 0 Å². The van der Waals surface area contributed by atoms with Crippen LogP contribution in [0, 0.1) is 11.8 Å². The first-order valence-corrected chi connectivity index (χ1v) is 8.04. The highest BCUT2D eigenvalue weighted by Crippen LogP contribution is 2.09. The molecule has 0 atom stereocenters. The summed E-state index contributed by atoms with van der Waals surface area (Å²) in [5, 5.41) is 0. The minimum atomic E-state index is -0.168. The molecule has 0 aliphatic rings. The molecule has 0 aromatic rings. The Bertz CT molecular complexity index is 307. The van der Waals surface area contributed by atoms with Crippen molar-refractivity contribution >= 4 is 5.97 Å². The van der Waals surface area contributed by atoms with E-state index in [9.17, 15) is 4.79 Å². The lowest BCUT2D eigenvalue weighted by Gasteiger charge is -2.02. The van der Waals surface area contributed by atoms with E-state index in [0.29, 0.717) is 6.61 Å². The molecule has 0 N–H and O–H groups in total. The van der Waals surface area contributed by atoms with Gasteiger partial charge in [0.2, 0.25) is 0 Å². The smallest absolute Gasteiger partial charge is 0.302 e. The number of hydrogen-bond donors (Lipinski definition) is 0. The highest BCUT2D eigenvalue weighted by atomic mass is 16.5. The normalized spacial score (nSPS) is 10.3. The zero-order chi connectivity index (χ0) is 14.9. The van der Waals surface area contributed by atoms with Crippen LogP contribution < -0.4 is 0 Å². The largest absolute Gasteiger partial charge is 0.466 e. The predicted octanol–water partition coefficient (Wildman–Crippen LogP) is 5.03. The summed E-state index contributed by atoms with van der Waals surface area (Å²) in [6.07, 6.45) is 16.0. The van der Waals surface area contributed by atoms with Crippen molar-refractivity contribution in [1.82, 2.24) is 0 Å². The lowest BCUT2D eigenvalue weighted by molar-refractivity contribution is -0.141. The van der Waals surface area contributed by atoms with Crippen molar-refractivity contribution in [2.75, 3.05) is 6.61 Å². The van der Waals surface area contributed by atoms with Gasteiger partial charge in [0.25, 0.3) is 0 Å². The molecule has 0 rings (SSSR count). The first-order chi connectivity index (χ1) is 9.77. The fourth-order valence-electron chi connectivity index (χ4n) is 1.90. The quantitative estimate of drug-likeness (QED) is 0.301. The molecule has 0 saturated heterocycles. The van der Waals surface area contributed by atoms with Crippen molar-refractivity contribution < 1.29 is 9.53 Å². The summed E-state index contributed by atoms with van der Waals surface area (Å²) in [6.45, 7) is 4.17. The Kier molecular flexibility index (Phi) is 14.9. The van der Waals surface area contributed by atoms with Crippen LogP contribution in [0.15, 0.2) is 12.2 Å². The molecule has 0 fully saturated rings. The number of unbranched alkanes of at least 4 members (excludes halogenated alkanes) is 8. The molecule has 0 saturated carbocycles. The second kappa shape index (κ2) is 15.8. The fraction of sp³-hybridized carbons (Fsp3) is 0.722. The number of carbonyl (C=O) groups is 1. The summed E-state index contributed by atoms with van der Waals surface area (Å²) in [7, 11) is 0. The molecule has 0 amide bonds. The summed E-state index contributed by atoms with van der Waals surface area (Å²) in [5.74, 6) is 6.07. The molecule has 0 aliphatic carbocycles. The average Bonchev–Trinajstić information content (AvgIpc) is 2.43. The maximum atomic E-state index is 10.5. The average molecular weight is 278 g/mol. The van der Waals surface area contributed by atoms with E-state index in [1.165, 1.54) is 51.9 Å². The third kappa shape index (κ3) is 16.8. The number of hydrogen-bond acceptors (Lipinski definition) is 2. The van der Waals surface area contributed by atoms with Gasteiger partial charge in [-0.05, 0) is 25.3 Å². The molecule has 114 valence electrons. The Morgan fingerprint density at radius 2 is 1.60 bits per heavy atom. The Morgan fingerprint density at radius 1 is 1.00 bits per heavy atom. The summed E-state index contributed by atoms with van der Waals surface area (Å²) in [4.78, 5) is 10.5. The van der Waals surface area contributed by atoms with Crippen molar-refractivity contribution in [3.05, 3.63) is 12.2 Å². The van der Waals surface area contributed by atoms with Crippen LogP contribution in [0.2, 0.25) is 0 Å². The molecule has 2 heteroatoms. The molecule has 20 heavy (non-hydrogen) atoms. The van der Waals surface area contributed by atoms with E-state index in [1.54, 1.807) is 0 Å². The molecule has 2 nitrogen and oxygen atoms in total.